The van der Waals surface area contributed by atoms with Crippen LogP contribution in [0.4, 0.5) is 0 Å². The van der Waals surface area contributed by atoms with Crippen LogP contribution in [-0.4, -0.2) is 24.1 Å². The summed E-state index contributed by atoms with van der Waals surface area (Å²) in [4.78, 5) is 13.0. The van der Waals surface area contributed by atoms with Crippen molar-refractivity contribution in [2.75, 3.05) is 13.2 Å². The highest BCUT2D eigenvalue weighted by Crippen LogP contribution is 2.40. The Morgan fingerprint density at radius 3 is 2.32 bits per heavy atom. The number of ether oxygens (including phenoxy) is 1. The first-order valence-corrected chi connectivity index (χ1v) is 10.3. The number of carbonyl (C=O) groups excluding carboxylic acids is 1. The van der Waals surface area contributed by atoms with Crippen molar-refractivity contribution in [3.63, 3.8) is 0 Å². The molecular weight excluding hydrogens is 372 g/mol. The predicted octanol–water partition coefficient (Wildman–Crippen LogP) is 5.99. The lowest BCUT2D eigenvalue weighted by Gasteiger charge is -2.33. The fourth-order valence-corrected chi connectivity index (χ4v) is 4.59. The summed E-state index contributed by atoms with van der Waals surface area (Å²) < 4.78 is 5.45. The van der Waals surface area contributed by atoms with E-state index < -0.39 is 0 Å². The lowest BCUT2D eigenvalue weighted by molar-refractivity contribution is -0.116. The zero-order valence-corrected chi connectivity index (χ0v) is 16.8. The van der Waals surface area contributed by atoms with Crippen LogP contribution in [0.25, 0.3) is 16.7 Å². The number of aryl methyl sites for hydroxylation is 1. The Labute approximate surface area is 171 Å². The van der Waals surface area contributed by atoms with Crippen molar-refractivity contribution in [3.8, 4) is 11.1 Å². The van der Waals surface area contributed by atoms with Crippen LogP contribution >= 0.6 is 11.6 Å². The smallest absolute Gasteiger partial charge is 0.167 e. The summed E-state index contributed by atoms with van der Waals surface area (Å²) >= 11 is 6.00. The summed E-state index contributed by atoms with van der Waals surface area (Å²) in [5.74, 6) is 0.975. The van der Waals surface area contributed by atoms with E-state index in [-0.39, 0.29) is 17.5 Å². The highest BCUT2D eigenvalue weighted by molar-refractivity contribution is 6.30. The zero-order chi connectivity index (χ0) is 19.7. The molecule has 1 atom stereocenters. The molecule has 1 heterocycles. The normalized spacial score (nSPS) is 21.2. The highest BCUT2D eigenvalue weighted by Gasteiger charge is 2.34. The third kappa shape index (κ3) is 3.87. The Morgan fingerprint density at radius 2 is 1.64 bits per heavy atom. The maximum Gasteiger partial charge on any atom is 0.167 e. The minimum absolute atomic E-state index is 0.0524. The number of aliphatic hydroxyl groups excluding tert-OH is 1. The average Bonchev–Trinajstić information content (AvgIpc) is 2.70. The molecule has 0 radical (unpaired) electrons. The largest absolute Gasteiger partial charge is 0.512 e. The minimum Gasteiger partial charge on any atom is -0.512 e. The molecule has 0 amide bonds. The van der Waals surface area contributed by atoms with E-state index in [1.54, 1.807) is 0 Å². The van der Waals surface area contributed by atoms with E-state index in [9.17, 15) is 9.90 Å². The van der Waals surface area contributed by atoms with Crippen molar-refractivity contribution in [2.45, 2.75) is 32.6 Å². The molecule has 2 aliphatic rings. The fourth-order valence-electron chi connectivity index (χ4n) is 4.46. The molecule has 4 rings (SSSR count). The highest BCUT2D eigenvalue weighted by atomic mass is 35.5. The summed E-state index contributed by atoms with van der Waals surface area (Å²) in [5, 5.41) is 11.5. The van der Waals surface area contributed by atoms with Crippen LogP contribution in [0.1, 0.15) is 36.8 Å². The molecule has 3 nitrogen and oxygen atoms in total. The maximum atomic E-state index is 13.0. The summed E-state index contributed by atoms with van der Waals surface area (Å²) in [6.07, 6.45) is 3.04. The molecule has 2 aromatic rings. The van der Waals surface area contributed by atoms with Gasteiger partial charge in [0.25, 0.3) is 0 Å². The number of benzene rings is 2. The van der Waals surface area contributed by atoms with Crippen molar-refractivity contribution < 1.29 is 14.6 Å². The number of halogens is 1. The predicted molar refractivity (Wildman–Crippen MR) is 112 cm³/mol. The van der Waals surface area contributed by atoms with E-state index in [4.69, 9.17) is 16.3 Å². The van der Waals surface area contributed by atoms with E-state index in [1.165, 1.54) is 0 Å². The molecule has 1 saturated heterocycles. The SMILES string of the molecule is Cc1ccc(-c2ccc(Cl)cc2)cc1C1=C(O)CC(C2CCOCC2)CC1=O. The monoisotopic (exact) mass is 396 g/mol. The molecule has 1 fully saturated rings. The maximum absolute atomic E-state index is 13.0. The number of allylic oxidation sites excluding steroid dienone is 2. The van der Waals surface area contributed by atoms with Crippen LogP contribution in [-0.2, 0) is 9.53 Å². The molecule has 1 N–H and O–H groups in total. The van der Waals surface area contributed by atoms with Gasteiger partial charge in [0.1, 0.15) is 5.76 Å². The number of aliphatic hydroxyl groups is 1. The van der Waals surface area contributed by atoms with Crippen molar-refractivity contribution >= 4 is 23.0 Å². The molecule has 146 valence electrons. The van der Waals surface area contributed by atoms with Crippen LogP contribution < -0.4 is 0 Å². The van der Waals surface area contributed by atoms with Gasteiger partial charge in [-0.05, 0) is 72.1 Å². The first kappa shape index (κ1) is 19.2. The van der Waals surface area contributed by atoms with Gasteiger partial charge in [-0.2, -0.15) is 0 Å². The second-order valence-corrected chi connectivity index (χ2v) is 8.34. The second kappa shape index (κ2) is 8.10. The van der Waals surface area contributed by atoms with Crippen LogP contribution in [0.3, 0.4) is 0 Å². The zero-order valence-electron chi connectivity index (χ0n) is 16.1. The fraction of sp³-hybridized carbons (Fsp3) is 0.375. The van der Waals surface area contributed by atoms with Gasteiger partial charge in [0, 0.05) is 31.1 Å². The van der Waals surface area contributed by atoms with Crippen molar-refractivity contribution in [3.05, 3.63) is 64.4 Å². The molecule has 1 aliphatic carbocycles. The number of ketones is 1. The van der Waals surface area contributed by atoms with Gasteiger partial charge in [-0.15, -0.1) is 0 Å². The van der Waals surface area contributed by atoms with Gasteiger partial charge < -0.3 is 9.84 Å². The first-order valence-electron chi connectivity index (χ1n) is 9.93. The van der Waals surface area contributed by atoms with Crippen LogP contribution in [0, 0.1) is 18.8 Å². The molecule has 1 aliphatic heterocycles. The molecule has 0 bridgehead atoms. The standard InChI is InChI=1S/C24H25ClO3/c1-15-2-3-18(16-4-6-20(25)7-5-16)12-21(15)24-22(26)13-19(14-23(24)27)17-8-10-28-11-9-17/h2-7,12,17,19,26H,8-11,13-14H2,1H3. The molecule has 0 spiro atoms. The third-order valence-electron chi connectivity index (χ3n) is 6.09. The van der Waals surface area contributed by atoms with Gasteiger partial charge in [0.2, 0.25) is 0 Å². The Morgan fingerprint density at radius 1 is 0.964 bits per heavy atom. The molecule has 4 heteroatoms. The van der Waals surface area contributed by atoms with Crippen LogP contribution in [0.2, 0.25) is 5.02 Å². The molecule has 0 saturated carbocycles. The summed E-state index contributed by atoms with van der Waals surface area (Å²) in [7, 11) is 0. The Hall–Kier alpha value is -2.10. The van der Waals surface area contributed by atoms with E-state index in [0.717, 1.165) is 48.3 Å². The van der Waals surface area contributed by atoms with Gasteiger partial charge in [0.05, 0.1) is 5.57 Å². The van der Waals surface area contributed by atoms with Gasteiger partial charge in [-0.3, -0.25) is 4.79 Å². The van der Waals surface area contributed by atoms with E-state index in [0.29, 0.717) is 29.4 Å². The van der Waals surface area contributed by atoms with Gasteiger partial charge in [-0.1, -0.05) is 35.9 Å². The van der Waals surface area contributed by atoms with E-state index in [1.807, 2.05) is 49.4 Å². The lowest BCUT2D eigenvalue weighted by Crippen LogP contribution is -2.29. The van der Waals surface area contributed by atoms with Crippen LogP contribution in [0.15, 0.2) is 48.2 Å². The summed E-state index contributed by atoms with van der Waals surface area (Å²) in [5.41, 5.74) is 4.38. The van der Waals surface area contributed by atoms with Crippen molar-refractivity contribution in [1.82, 2.24) is 0 Å². The minimum atomic E-state index is 0.0524. The number of Topliss-reactive ketones (excluding diaryl/α,β-unsaturated/α-hetero) is 1. The van der Waals surface area contributed by atoms with Crippen molar-refractivity contribution in [2.24, 2.45) is 11.8 Å². The number of rotatable bonds is 3. The molecule has 28 heavy (non-hydrogen) atoms. The average molecular weight is 397 g/mol. The van der Waals surface area contributed by atoms with E-state index >= 15 is 0 Å². The van der Waals surface area contributed by atoms with Crippen molar-refractivity contribution in [1.29, 1.82) is 0 Å². The second-order valence-electron chi connectivity index (χ2n) is 7.90. The third-order valence-corrected chi connectivity index (χ3v) is 6.34. The van der Waals surface area contributed by atoms with Crippen LogP contribution in [0.5, 0.6) is 0 Å². The summed E-state index contributed by atoms with van der Waals surface area (Å²) in [6, 6.07) is 13.7. The number of carbonyl (C=O) groups is 1. The lowest BCUT2D eigenvalue weighted by atomic mass is 9.74. The quantitative estimate of drug-likeness (QED) is 0.693. The van der Waals surface area contributed by atoms with Gasteiger partial charge in [-0.25, -0.2) is 0 Å². The Balaban J connectivity index is 1.66. The topological polar surface area (TPSA) is 46.5 Å². The van der Waals surface area contributed by atoms with Gasteiger partial charge in [0.15, 0.2) is 5.78 Å². The molecular formula is C24H25ClO3. The molecule has 1 unspecified atom stereocenters. The number of hydrogen-bond acceptors (Lipinski definition) is 3. The van der Waals surface area contributed by atoms with Gasteiger partial charge >= 0.3 is 0 Å². The Kier molecular flexibility index (Phi) is 5.56. The molecule has 2 aromatic carbocycles. The number of hydrogen-bond donors (Lipinski definition) is 1. The molecule has 0 aromatic heterocycles. The Bertz CT molecular complexity index is 908. The summed E-state index contributed by atoms with van der Waals surface area (Å²) in [6.45, 7) is 3.50. The first-order chi connectivity index (χ1) is 13.5. The van der Waals surface area contributed by atoms with E-state index in [2.05, 4.69) is 0 Å².